The maximum atomic E-state index is 11.9. The lowest BCUT2D eigenvalue weighted by Crippen LogP contribution is -2.07. The predicted octanol–water partition coefficient (Wildman–Crippen LogP) is 3.35. The molecule has 110 valence electrons. The Morgan fingerprint density at radius 1 is 1.14 bits per heavy atom. The lowest BCUT2D eigenvalue weighted by atomic mass is 9.99. The Bertz CT molecular complexity index is 773. The summed E-state index contributed by atoms with van der Waals surface area (Å²) in [5.74, 6) is 0.330. The molecule has 0 aliphatic carbocycles. The number of methoxy groups -OCH3 is 1. The molecule has 4 heteroatoms. The van der Waals surface area contributed by atoms with Gasteiger partial charge in [0.1, 0.15) is 11.5 Å². The van der Waals surface area contributed by atoms with E-state index in [1.807, 2.05) is 55.5 Å². The summed E-state index contributed by atoms with van der Waals surface area (Å²) in [6, 6.07) is 15.3. The number of hydrogen-bond acceptors (Lipinski definition) is 4. The van der Waals surface area contributed by atoms with Crippen molar-refractivity contribution in [2.45, 2.75) is 6.92 Å². The van der Waals surface area contributed by atoms with Crippen LogP contribution in [0.1, 0.15) is 16.7 Å². The normalized spacial score (nSPS) is 15.6. The van der Waals surface area contributed by atoms with Gasteiger partial charge in [0.2, 0.25) is 0 Å². The zero-order valence-electron chi connectivity index (χ0n) is 12.4. The molecule has 1 aliphatic heterocycles. The number of nitrogens with zero attached hydrogens (tertiary/aromatic N) is 1. The number of hydrogen-bond donors (Lipinski definition) is 0. The van der Waals surface area contributed by atoms with E-state index in [1.54, 1.807) is 13.2 Å². The molecular formula is C18H15NO3. The van der Waals surface area contributed by atoms with Gasteiger partial charge in [-0.25, -0.2) is 4.79 Å². The van der Waals surface area contributed by atoms with Crippen LogP contribution in [0.3, 0.4) is 0 Å². The lowest BCUT2D eigenvalue weighted by Gasteiger charge is -2.03. The fourth-order valence-corrected chi connectivity index (χ4v) is 2.28. The topological polar surface area (TPSA) is 47.9 Å². The maximum Gasteiger partial charge on any atom is 0.368 e. The van der Waals surface area contributed by atoms with Crippen LogP contribution in [0.2, 0.25) is 0 Å². The van der Waals surface area contributed by atoms with Crippen molar-refractivity contribution in [3.8, 4) is 5.75 Å². The second-order valence-electron chi connectivity index (χ2n) is 5.02. The first-order valence-corrected chi connectivity index (χ1v) is 6.90. The summed E-state index contributed by atoms with van der Waals surface area (Å²) in [7, 11) is 1.62. The van der Waals surface area contributed by atoms with Crippen molar-refractivity contribution in [2.75, 3.05) is 7.11 Å². The van der Waals surface area contributed by atoms with E-state index in [4.69, 9.17) is 9.57 Å². The van der Waals surface area contributed by atoms with Gasteiger partial charge in [-0.1, -0.05) is 41.1 Å². The van der Waals surface area contributed by atoms with Crippen LogP contribution < -0.4 is 4.74 Å². The largest absolute Gasteiger partial charge is 0.497 e. The molecule has 0 spiro atoms. The zero-order chi connectivity index (χ0) is 15.5. The summed E-state index contributed by atoms with van der Waals surface area (Å²) in [6.45, 7) is 1.99. The van der Waals surface area contributed by atoms with E-state index in [-0.39, 0.29) is 0 Å². The molecular weight excluding hydrogens is 278 g/mol. The molecule has 0 N–H and O–H groups in total. The molecule has 2 aromatic rings. The number of oxime groups is 1. The van der Waals surface area contributed by atoms with Gasteiger partial charge in [-0.15, -0.1) is 0 Å². The van der Waals surface area contributed by atoms with Crippen molar-refractivity contribution in [3.63, 3.8) is 0 Å². The molecule has 22 heavy (non-hydrogen) atoms. The van der Waals surface area contributed by atoms with Gasteiger partial charge in [-0.3, -0.25) is 0 Å². The highest BCUT2D eigenvalue weighted by Gasteiger charge is 2.26. The van der Waals surface area contributed by atoms with E-state index in [9.17, 15) is 4.79 Å². The first-order valence-electron chi connectivity index (χ1n) is 6.90. The van der Waals surface area contributed by atoms with E-state index in [0.29, 0.717) is 11.3 Å². The van der Waals surface area contributed by atoms with E-state index in [2.05, 4.69) is 5.16 Å². The Kier molecular flexibility index (Phi) is 3.74. The minimum Gasteiger partial charge on any atom is -0.497 e. The van der Waals surface area contributed by atoms with Crippen LogP contribution in [0.4, 0.5) is 0 Å². The Balaban J connectivity index is 1.97. The second-order valence-corrected chi connectivity index (χ2v) is 5.02. The van der Waals surface area contributed by atoms with Gasteiger partial charge >= 0.3 is 5.97 Å². The fraction of sp³-hybridized carbons (Fsp3) is 0.111. The Hall–Kier alpha value is -2.88. The molecule has 2 aromatic carbocycles. The number of benzene rings is 2. The second kappa shape index (κ2) is 5.85. The van der Waals surface area contributed by atoms with Crippen LogP contribution in [-0.4, -0.2) is 18.8 Å². The first kappa shape index (κ1) is 14.1. The van der Waals surface area contributed by atoms with Gasteiger partial charge in [-0.2, -0.15) is 0 Å². The number of rotatable bonds is 3. The van der Waals surface area contributed by atoms with Crippen LogP contribution >= 0.6 is 0 Å². The van der Waals surface area contributed by atoms with Gasteiger partial charge in [0.25, 0.3) is 0 Å². The van der Waals surface area contributed by atoms with Crippen molar-refractivity contribution < 1.29 is 14.4 Å². The van der Waals surface area contributed by atoms with Crippen LogP contribution in [-0.2, 0) is 9.63 Å². The van der Waals surface area contributed by atoms with Gasteiger partial charge in [0.05, 0.1) is 12.7 Å². The minimum atomic E-state index is -0.438. The molecule has 0 aromatic heterocycles. The molecule has 0 amide bonds. The third-order valence-corrected chi connectivity index (χ3v) is 3.41. The predicted molar refractivity (Wildman–Crippen MR) is 84.8 cm³/mol. The van der Waals surface area contributed by atoms with E-state index >= 15 is 0 Å². The summed E-state index contributed by atoms with van der Waals surface area (Å²) >= 11 is 0. The van der Waals surface area contributed by atoms with Crippen molar-refractivity contribution in [2.24, 2.45) is 5.16 Å². The van der Waals surface area contributed by atoms with Gasteiger partial charge in [0.15, 0.2) is 0 Å². The number of carbonyl (C=O) groups excluding carboxylic acids is 1. The van der Waals surface area contributed by atoms with E-state index in [0.717, 1.165) is 22.4 Å². The molecule has 4 nitrogen and oxygen atoms in total. The highest BCUT2D eigenvalue weighted by atomic mass is 16.7. The molecule has 0 fully saturated rings. The molecule has 0 radical (unpaired) electrons. The van der Waals surface area contributed by atoms with E-state index < -0.39 is 5.97 Å². The van der Waals surface area contributed by atoms with E-state index in [1.165, 1.54) is 0 Å². The van der Waals surface area contributed by atoms with Crippen molar-refractivity contribution in [3.05, 3.63) is 70.8 Å². The molecule has 1 aliphatic rings. The number of aryl methyl sites for hydroxylation is 1. The average molecular weight is 293 g/mol. The smallest absolute Gasteiger partial charge is 0.368 e. The Labute approximate surface area is 128 Å². The minimum absolute atomic E-state index is 0.438. The number of carbonyl (C=O) groups is 1. The molecule has 0 atom stereocenters. The third kappa shape index (κ3) is 2.76. The summed E-state index contributed by atoms with van der Waals surface area (Å²) in [5.41, 5.74) is 3.87. The zero-order valence-corrected chi connectivity index (χ0v) is 12.4. The Morgan fingerprint density at radius 2 is 1.91 bits per heavy atom. The van der Waals surface area contributed by atoms with Gasteiger partial charge in [0, 0.05) is 5.56 Å². The van der Waals surface area contributed by atoms with Gasteiger partial charge < -0.3 is 9.57 Å². The summed E-state index contributed by atoms with van der Waals surface area (Å²) in [5, 5.41) is 3.91. The van der Waals surface area contributed by atoms with Crippen LogP contribution in [0, 0.1) is 6.92 Å². The highest BCUT2D eigenvalue weighted by Crippen LogP contribution is 2.22. The number of ether oxygens (including phenoxy) is 1. The Morgan fingerprint density at radius 3 is 2.59 bits per heavy atom. The molecule has 0 saturated heterocycles. The maximum absolute atomic E-state index is 11.9. The third-order valence-electron chi connectivity index (χ3n) is 3.41. The van der Waals surface area contributed by atoms with Gasteiger partial charge in [-0.05, 0) is 36.8 Å². The molecule has 0 bridgehead atoms. The van der Waals surface area contributed by atoms with Crippen molar-refractivity contribution >= 4 is 17.8 Å². The average Bonchev–Trinajstić information content (AvgIpc) is 2.89. The van der Waals surface area contributed by atoms with Crippen LogP contribution in [0.25, 0.3) is 6.08 Å². The van der Waals surface area contributed by atoms with Crippen LogP contribution in [0.5, 0.6) is 5.75 Å². The molecule has 1 heterocycles. The monoisotopic (exact) mass is 293 g/mol. The van der Waals surface area contributed by atoms with Crippen molar-refractivity contribution in [1.82, 2.24) is 0 Å². The summed E-state index contributed by atoms with van der Waals surface area (Å²) < 4.78 is 5.13. The summed E-state index contributed by atoms with van der Waals surface area (Å²) in [4.78, 5) is 16.8. The lowest BCUT2D eigenvalue weighted by molar-refractivity contribution is -0.136. The standard InChI is InChI=1S/C18H15NO3/c1-12-4-3-5-14(10-12)17-16(18(20)22-19-17)11-13-6-8-15(21-2)9-7-13/h3-11H,1-2H3/b16-11+. The molecule has 0 saturated carbocycles. The molecule has 3 rings (SSSR count). The highest BCUT2D eigenvalue weighted by molar-refractivity contribution is 6.31. The van der Waals surface area contributed by atoms with Crippen LogP contribution in [0.15, 0.2) is 59.3 Å². The molecule has 0 unspecified atom stereocenters. The quantitative estimate of drug-likeness (QED) is 0.644. The fourth-order valence-electron chi connectivity index (χ4n) is 2.28. The summed E-state index contributed by atoms with van der Waals surface area (Å²) in [6.07, 6.45) is 1.77. The van der Waals surface area contributed by atoms with Crippen molar-refractivity contribution in [1.29, 1.82) is 0 Å². The SMILES string of the molecule is COc1ccc(/C=C2/C(=O)ON=C2c2cccc(C)c2)cc1. The first-order chi connectivity index (χ1) is 10.7.